The molecule has 0 N–H and O–H groups in total. The molecule has 20 heavy (non-hydrogen) atoms. The van der Waals surface area contributed by atoms with E-state index >= 15 is 0 Å². The maximum atomic E-state index is 12.4. The van der Waals surface area contributed by atoms with Crippen molar-refractivity contribution < 1.29 is 9.53 Å². The van der Waals surface area contributed by atoms with Crippen LogP contribution >= 0.6 is 23.2 Å². The second-order valence-corrected chi connectivity index (χ2v) is 5.56. The summed E-state index contributed by atoms with van der Waals surface area (Å²) in [5.74, 6) is 0.655. The molecule has 0 aromatic heterocycles. The number of fused-ring (bicyclic) bond motifs is 1. The van der Waals surface area contributed by atoms with E-state index in [1.165, 1.54) is 0 Å². The van der Waals surface area contributed by atoms with Gasteiger partial charge >= 0.3 is 0 Å². The minimum Gasteiger partial charge on any atom is -0.482 e. The van der Waals surface area contributed by atoms with Gasteiger partial charge in [0.15, 0.2) is 6.10 Å². The molecule has 2 aromatic rings. The van der Waals surface area contributed by atoms with E-state index in [2.05, 4.69) is 0 Å². The first-order valence-corrected chi connectivity index (χ1v) is 7.14. The molecule has 1 aliphatic heterocycles. The fourth-order valence-corrected chi connectivity index (χ4v) is 2.69. The van der Waals surface area contributed by atoms with Crippen molar-refractivity contribution in [2.24, 2.45) is 0 Å². The van der Waals surface area contributed by atoms with Gasteiger partial charge in [-0.25, -0.2) is 0 Å². The van der Waals surface area contributed by atoms with Crippen molar-refractivity contribution in [1.29, 1.82) is 0 Å². The minimum absolute atomic E-state index is 0.00215. The first kappa shape index (κ1) is 13.5. The van der Waals surface area contributed by atoms with Crippen LogP contribution in [-0.2, 0) is 6.42 Å². The van der Waals surface area contributed by atoms with Gasteiger partial charge in [0.1, 0.15) is 5.75 Å². The van der Waals surface area contributed by atoms with E-state index in [0.29, 0.717) is 27.8 Å². The lowest BCUT2D eigenvalue weighted by atomic mass is 9.97. The molecule has 2 aromatic carbocycles. The Morgan fingerprint density at radius 3 is 2.55 bits per heavy atom. The smallest absolute Gasteiger partial charge is 0.203 e. The summed E-state index contributed by atoms with van der Waals surface area (Å²) in [5, 5.41) is 0.958. The van der Waals surface area contributed by atoms with Crippen molar-refractivity contribution in [3.8, 4) is 5.75 Å². The zero-order chi connectivity index (χ0) is 14.1. The van der Waals surface area contributed by atoms with Crippen LogP contribution in [0.5, 0.6) is 5.75 Å². The van der Waals surface area contributed by atoms with E-state index in [1.807, 2.05) is 24.3 Å². The molecule has 4 heteroatoms. The number of hydrogen-bond donors (Lipinski definition) is 0. The third-order valence-electron chi connectivity index (χ3n) is 3.40. The summed E-state index contributed by atoms with van der Waals surface area (Å²) < 4.78 is 5.79. The molecule has 1 atom stereocenters. The van der Waals surface area contributed by atoms with Crippen LogP contribution < -0.4 is 4.74 Å². The second-order valence-electron chi connectivity index (χ2n) is 4.75. The van der Waals surface area contributed by atoms with E-state index in [4.69, 9.17) is 27.9 Å². The number of carbonyl (C=O) groups is 1. The lowest BCUT2D eigenvalue weighted by Crippen LogP contribution is -2.31. The van der Waals surface area contributed by atoms with Gasteiger partial charge in [0.05, 0.1) is 10.0 Å². The third kappa shape index (κ3) is 2.54. The van der Waals surface area contributed by atoms with Gasteiger partial charge in [0.25, 0.3) is 0 Å². The van der Waals surface area contributed by atoms with Crippen LogP contribution in [0.25, 0.3) is 0 Å². The van der Waals surface area contributed by atoms with Crippen LogP contribution in [0.3, 0.4) is 0 Å². The van der Waals surface area contributed by atoms with E-state index in [9.17, 15) is 4.79 Å². The first-order chi connectivity index (χ1) is 9.65. The van der Waals surface area contributed by atoms with Crippen LogP contribution in [0, 0.1) is 0 Å². The van der Waals surface area contributed by atoms with E-state index in [-0.39, 0.29) is 5.78 Å². The molecule has 0 spiro atoms. The molecule has 0 aliphatic carbocycles. The molecule has 0 bridgehead atoms. The predicted octanol–water partition coefficient (Wildman–Crippen LogP) is 4.57. The van der Waals surface area contributed by atoms with Gasteiger partial charge in [-0.2, -0.15) is 0 Å². The van der Waals surface area contributed by atoms with Crippen LogP contribution in [-0.4, -0.2) is 11.9 Å². The normalized spacial score (nSPS) is 17.2. The molecule has 1 unspecified atom stereocenters. The average molecular weight is 307 g/mol. The number of ether oxygens (including phenoxy) is 1. The van der Waals surface area contributed by atoms with Gasteiger partial charge in [0, 0.05) is 11.6 Å². The van der Waals surface area contributed by atoms with Crippen molar-refractivity contribution in [3.63, 3.8) is 0 Å². The SMILES string of the molecule is O=C(c1ccccc1)C1CCc2cc(Cl)c(Cl)cc2O1. The topological polar surface area (TPSA) is 26.3 Å². The third-order valence-corrected chi connectivity index (χ3v) is 4.12. The van der Waals surface area contributed by atoms with E-state index in [1.54, 1.807) is 18.2 Å². The van der Waals surface area contributed by atoms with Gasteiger partial charge in [0.2, 0.25) is 5.78 Å². The summed E-state index contributed by atoms with van der Waals surface area (Å²) >= 11 is 12.0. The zero-order valence-corrected chi connectivity index (χ0v) is 12.1. The lowest BCUT2D eigenvalue weighted by Gasteiger charge is -2.25. The van der Waals surface area contributed by atoms with Gasteiger partial charge in [-0.15, -0.1) is 0 Å². The Labute approximate surface area is 127 Å². The molecule has 0 fully saturated rings. The number of aryl methyl sites for hydroxylation is 1. The maximum Gasteiger partial charge on any atom is 0.203 e. The highest BCUT2D eigenvalue weighted by atomic mass is 35.5. The molecule has 102 valence electrons. The molecular formula is C16H12Cl2O2. The van der Waals surface area contributed by atoms with Crippen molar-refractivity contribution in [2.75, 3.05) is 0 Å². The standard InChI is InChI=1S/C16H12Cl2O2/c17-12-8-11-6-7-14(20-15(11)9-13(12)18)16(19)10-4-2-1-3-5-10/h1-5,8-9,14H,6-7H2. The summed E-state index contributed by atoms with van der Waals surface area (Å²) in [4.78, 5) is 12.4. The number of ketones is 1. The quantitative estimate of drug-likeness (QED) is 0.760. The summed E-state index contributed by atoms with van der Waals surface area (Å²) in [6, 6.07) is 12.7. The molecular weight excluding hydrogens is 295 g/mol. The Kier molecular flexibility index (Phi) is 3.68. The molecule has 1 heterocycles. The summed E-state index contributed by atoms with van der Waals surface area (Å²) in [5.41, 5.74) is 1.66. The molecule has 3 rings (SSSR count). The van der Waals surface area contributed by atoms with Crippen LogP contribution in [0.4, 0.5) is 0 Å². The average Bonchev–Trinajstić information content (AvgIpc) is 2.48. The highest BCUT2D eigenvalue weighted by Crippen LogP contribution is 2.35. The minimum atomic E-state index is -0.456. The Bertz CT molecular complexity index is 653. The Morgan fingerprint density at radius 2 is 1.80 bits per heavy atom. The largest absolute Gasteiger partial charge is 0.482 e. The van der Waals surface area contributed by atoms with Crippen LogP contribution in [0.1, 0.15) is 22.3 Å². The number of carbonyl (C=O) groups excluding carboxylic acids is 1. The van der Waals surface area contributed by atoms with Crippen LogP contribution in [0.2, 0.25) is 10.0 Å². The second kappa shape index (κ2) is 5.47. The Balaban J connectivity index is 1.85. The highest BCUT2D eigenvalue weighted by Gasteiger charge is 2.27. The van der Waals surface area contributed by atoms with Crippen molar-refractivity contribution in [3.05, 3.63) is 63.6 Å². The van der Waals surface area contributed by atoms with Crippen LogP contribution in [0.15, 0.2) is 42.5 Å². The number of Topliss-reactive ketones (excluding diaryl/α,β-unsaturated/α-hetero) is 1. The van der Waals surface area contributed by atoms with Crippen molar-refractivity contribution in [2.45, 2.75) is 18.9 Å². The summed E-state index contributed by atoms with van der Waals surface area (Å²) in [6.07, 6.45) is 0.955. The Morgan fingerprint density at radius 1 is 1.10 bits per heavy atom. The molecule has 2 nitrogen and oxygen atoms in total. The first-order valence-electron chi connectivity index (χ1n) is 6.39. The van der Waals surface area contributed by atoms with Gasteiger partial charge in [-0.3, -0.25) is 4.79 Å². The van der Waals surface area contributed by atoms with E-state index < -0.39 is 6.10 Å². The Hall–Kier alpha value is -1.51. The fourth-order valence-electron chi connectivity index (χ4n) is 2.35. The lowest BCUT2D eigenvalue weighted by molar-refractivity contribution is 0.0756. The summed E-state index contributed by atoms with van der Waals surface area (Å²) in [6.45, 7) is 0. The molecule has 0 saturated heterocycles. The summed E-state index contributed by atoms with van der Waals surface area (Å²) in [7, 11) is 0. The zero-order valence-electron chi connectivity index (χ0n) is 10.6. The predicted molar refractivity (Wildman–Crippen MR) is 80.0 cm³/mol. The van der Waals surface area contributed by atoms with Gasteiger partial charge in [-0.05, 0) is 24.5 Å². The molecule has 0 radical (unpaired) electrons. The van der Waals surface area contributed by atoms with Crippen molar-refractivity contribution in [1.82, 2.24) is 0 Å². The number of halogens is 2. The van der Waals surface area contributed by atoms with Gasteiger partial charge < -0.3 is 4.74 Å². The fraction of sp³-hybridized carbons (Fsp3) is 0.188. The van der Waals surface area contributed by atoms with E-state index in [0.717, 1.165) is 12.0 Å². The van der Waals surface area contributed by atoms with Gasteiger partial charge in [-0.1, -0.05) is 53.5 Å². The number of rotatable bonds is 2. The molecule has 1 aliphatic rings. The molecule has 0 saturated carbocycles. The van der Waals surface area contributed by atoms with Crippen molar-refractivity contribution >= 4 is 29.0 Å². The number of benzene rings is 2. The monoisotopic (exact) mass is 306 g/mol. The highest BCUT2D eigenvalue weighted by molar-refractivity contribution is 6.42. The molecule has 0 amide bonds. The number of hydrogen-bond acceptors (Lipinski definition) is 2. The maximum absolute atomic E-state index is 12.4.